The third-order valence-corrected chi connectivity index (χ3v) is 10.4. The molecule has 47 heavy (non-hydrogen) atoms. The zero-order valence-electron chi connectivity index (χ0n) is 29.5. The van der Waals surface area contributed by atoms with Crippen molar-refractivity contribution in [3.8, 4) is 23.0 Å². The van der Waals surface area contributed by atoms with Crippen molar-refractivity contribution in [1.29, 1.82) is 0 Å². The lowest BCUT2D eigenvalue weighted by Gasteiger charge is -2.42. The fraction of sp³-hybridized carbons (Fsp3) is 0.442. The monoisotopic (exact) mass is 632 g/mol. The Labute approximate surface area is 283 Å². The Morgan fingerprint density at radius 2 is 0.957 bits per heavy atom. The van der Waals surface area contributed by atoms with Gasteiger partial charge in [-0.25, -0.2) is 0 Å². The number of ether oxygens (including phenoxy) is 2. The SMILES string of the molecule is CCCCCCCCCC1CCC(c2cc(C)c(Oc3ccc(N)cc3)c(C)c2)(c2cc(C)c(Oc3ccc(N)cc3)c(C)c2)CC1. The first-order chi connectivity index (χ1) is 22.7. The van der Waals surface area contributed by atoms with Crippen LogP contribution in [-0.2, 0) is 5.41 Å². The van der Waals surface area contributed by atoms with Gasteiger partial charge in [0.2, 0.25) is 0 Å². The summed E-state index contributed by atoms with van der Waals surface area (Å²) < 4.78 is 12.8. The highest BCUT2D eigenvalue weighted by Gasteiger charge is 2.39. The first kappa shape index (κ1) is 34.4. The van der Waals surface area contributed by atoms with E-state index in [9.17, 15) is 0 Å². The van der Waals surface area contributed by atoms with Crippen molar-refractivity contribution in [1.82, 2.24) is 0 Å². The molecule has 4 aromatic carbocycles. The van der Waals surface area contributed by atoms with E-state index >= 15 is 0 Å². The molecule has 5 rings (SSSR count). The molecule has 250 valence electrons. The van der Waals surface area contributed by atoms with Crippen LogP contribution in [0.15, 0.2) is 72.8 Å². The first-order valence-corrected chi connectivity index (χ1v) is 18.0. The van der Waals surface area contributed by atoms with Gasteiger partial charge in [-0.2, -0.15) is 0 Å². The van der Waals surface area contributed by atoms with E-state index in [4.69, 9.17) is 20.9 Å². The molecule has 0 aromatic heterocycles. The smallest absolute Gasteiger partial charge is 0.133 e. The number of anilines is 2. The maximum atomic E-state index is 6.42. The fourth-order valence-corrected chi connectivity index (χ4v) is 7.68. The standard InChI is InChI=1S/C43H56N2O2/c1-6-7-8-9-10-11-12-13-34-22-24-43(25-23-34,35-26-30(2)41(31(3)27-35)46-39-18-14-37(44)15-19-39)36-28-32(4)42(33(5)29-36)47-40-20-16-38(45)17-21-40/h14-21,26-29,34H,6-13,22-25,44-45H2,1-5H3. The molecule has 0 amide bonds. The highest BCUT2D eigenvalue weighted by Crippen LogP contribution is 2.50. The predicted molar refractivity (Wildman–Crippen MR) is 199 cm³/mol. The predicted octanol–water partition coefficient (Wildman–Crippen LogP) is 12.3. The van der Waals surface area contributed by atoms with Crippen molar-refractivity contribution < 1.29 is 9.47 Å². The largest absolute Gasteiger partial charge is 0.457 e. The average Bonchev–Trinajstić information content (AvgIpc) is 3.06. The van der Waals surface area contributed by atoms with Crippen molar-refractivity contribution in [3.63, 3.8) is 0 Å². The minimum Gasteiger partial charge on any atom is -0.457 e. The van der Waals surface area contributed by atoms with Gasteiger partial charge in [0.25, 0.3) is 0 Å². The number of nitrogens with two attached hydrogens (primary N) is 2. The number of benzene rings is 4. The van der Waals surface area contributed by atoms with Gasteiger partial charge in [0, 0.05) is 16.8 Å². The normalized spacial score (nSPS) is 14.7. The molecule has 4 heteroatoms. The molecule has 0 unspecified atom stereocenters. The van der Waals surface area contributed by atoms with Gasteiger partial charge < -0.3 is 20.9 Å². The number of nitrogen functional groups attached to an aromatic ring is 2. The van der Waals surface area contributed by atoms with Gasteiger partial charge in [0.1, 0.15) is 23.0 Å². The van der Waals surface area contributed by atoms with Gasteiger partial charge in [-0.15, -0.1) is 0 Å². The average molecular weight is 633 g/mol. The second-order valence-electron chi connectivity index (χ2n) is 14.2. The molecule has 0 spiro atoms. The molecule has 1 fully saturated rings. The Kier molecular flexibility index (Phi) is 11.6. The maximum Gasteiger partial charge on any atom is 0.133 e. The summed E-state index contributed by atoms with van der Waals surface area (Å²) in [5, 5.41) is 0. The third-order valence-electron chi connectivity index (χ3n) is 10.4. The van der Waals surface area contributed by atoms with Crippen molar-refractivity contribution in [2.24, 2.45) is 5.92 Å². The van der Waals surface area contributed by atoms with Crippen LogP contribution in [0.25, 0.3) is 0 Å². The van der Waals surface area contributed by atoms with Crippen LogP contribution in [0.2, 0.25) is 0 Å². The lowest BCUT2D eigenvalue weighted by atomic mass is 9.62. The van der Waals surface area contributed by atoms with Gasteiger partial charge in [0.15, 0.2) is 0 Å². The van der Waals surface area contributed by atoms with Gasteiger partial charge in [0.05, 0.1) is 0 Å². The first-order valence-electron chi connectivity index (χ1n) is 18.0. The summed E-state index contributed by atoms with van der Waals surface area (Å²) in [6.45, 7) is 11.0. The van der Waals surface area contributed by atoms with Crippen LogP contribution in [0.4, 0.5) is 11.4 Å². The second-order valence-corrected chi connectivity index (χ2v) is 14.2. The minimum atomic E-state index is -0.0544. The van der Waals surface area contributed by atoms with E-state index in [-0.39, 0.29) is 5.41 Å². The van der Waals surface area contributed by atoms with Crippen LogP contribution in [0.3, 0.4) is 0 Å². The Morgan fingerprint density at radius 3 is 1.36 bits per heavy atom. The van der Waals surface area contributed by atoms with Crippen LogP contribution in [-0.4, -0.2) is 0 Å². The quantitative estimate of drug-likeness (QED) is 0.107. The summed E-state index contributed by atoms with van der Waals surface area (Å²) in [6.07, 6.45) is 15.8. The van der Waals surface area contributed by atoms with E-state index in [1.165, 1.54) is 75.3 Å². The number of unbranched alkanes of at least 4 members (excludes halogenated alkanes) is 6. The Hall–Kier alpha value is -3.92. The molecule has 0 saturated heterocycles. The summed E-state index contributed by atoms with van der Waals surface area (Å²) in [6, 6.07) is 24.9. The van der Waals surface area contributed by atoms with E-state index in [1.54, 1.807) is 0 Å². The van der Waals surface area contributed by atoms with Crippen molar-refractivity contribution in [2.75, 3.05) is 11.5 Å². The molecule has 0 heterocycles. The zero-order valence-corrected chi connectivity index (χ0v) is 29.5. The van der Waals surface area contributed by atoms with E-state index in [2.05, 4.69) is 58.9 Å². The van der Waals surface area contributed by atoms with Crippen molar-refractivity contribution in [3.05, 3.63) is 106 Å². The molecule has 1 saturated carbocycles. The van der Waals surface area contributed by atoms with E-state index < -0.39 is 0 Å². The zero-order chi connectivity index (χ0) is 33.4. The van der Waals surface area contributed by atoms with Gasteiger partial charge in [-0.1, -0.05) is 82.6 Å². The molecule has 4 N–H and O–H groups in total. The van der Waals surface area contributed by atoms with Gasteiger partial charge >= 0.3 is 0 Å². The minimum absolute atomic E-state index is 0.0544. The summed E-state index contributed by atoms with van der Waals surface area (Å²) in [5.41, 5.74) is 20.7. The number of hydrogen-bond donors (Lipinski definition) is 2. The number of hydrogen-bond acceptors (Lipinski definition) is 4. The molecule has 0 bridgehead atoms. The van der Waals surface area contributed by atoms with E-state index in [0.717, 1.165) is 75.4 Å². The summed E-state index contributed by atoms with van der Waals surface area (Å²) >= 11 is 0. The van der Waals surface area contributed by atoms with Crippen LogP contribution >= 0.6 is 0 Å². The molecule has 0 atom stereocenters. The number of aryl methyl sites for hydroxylation is 4. The highest BCUT2D eigenvalue weighted by atomic mass is 16.5. The molecule has 4 nitrogen and oxygen atoms in total. The van der Waals surface area contributed by atoms with Crippen molar-refractivity contribution in [2.45, 2.75) is 117 Å². The highest BCUT2D eigenvalue weighted by molar-refractivity contribution is 5.55. The van der Waals surface area contributed by atoms with Crippen LogP contribution in [0.5, 0.6) is 23.0 Å². The molecule has 1 aliphatic carbocycles. The fourth-order valence-electron chi connectivity index (χ4n) is 7.68. The van der Waals surface area contributed by atoms with E-state index in [0.29, 0.717) is 0 Å². The summed E-state index contributed by atoms with van der Waals surface area (Å²) in [7, 11) is 0. The molecular weight excluding hydrogens is 576 g/mol. The van der Waals surface area contributed by atoms with Crippen LogP contribution in [0, 0.1) is 33.6 Å². The van der Waals surface area contributed by atoms with Gasteiger partial charge in [-0.05, 0) is 141 Å². The molecule has 1 aliphatic rings. The van der Waals surface area contributed by atoms with Crippen molar-refractivity contribution >= 4 is 11.4 Å². The third kappa shape index (κ3) is 8.52. The lowest BCUT2D eigenvalue weighted by Crippen LogP contribution is -2.33. The Bertz CT molecular complexity index is 1450. The Morgan fingerprint density at radius 1 is 0.574 bits per heavy atom. The van der Waals surface area contributed by atoms with Gasteiger partial charge in [-0.3, -0.25) is 0 Å². The maximum absolute atomic E-state index is 6.42. The Balaban J connectivity index is 1.42. The molecule has 4 aromatic rings. The molecule has 0 aliphatic heterocycles. The summed E-state index contributed by atoms with van der Waals surface area (Å²) in [4.78, 5) is 0. The number of rotatable bonds is 14. The second kappa shape index (κ2) is 15.8. The molecular formula is C43H56N2O2. The van der Waals surface area contributed by atoms with Crippen LogP contribution < -0.4 is 20.9 Å². The topological polar surface area (TPSA) is 70.5 Å². The van der Waals surface area contributed by atoms with Crippen LogP contribution in [0.1, 0.15) is 117 Å². The molecule has 0 radical (unpaired) electrons. The summed E-state index contributed by atoms with van der Waals surface area (Å²) in [5.74, 6) is 4.29. The van der Waals surface area contributed by atoms with E-state index in [1.807, 2.05) is 48.5 Å². The lowest BCUT2D eigenvalue weighted by molar-refractivity contribution is 0.249.